The van der Waals surface area contributed by atoms with Gasteiger partial charge in [-0.15, -0.1) is 0 Å². The number of methoxy groups -OCH3 is 1. The third kappa shape index (κ3) is 6.46. The number of piperazine rings is 1. The molecule has 1 aliphatic carbocycles. The minimum atomic E-state index is -0.501. The Morgan fingerprint density at radius 2 is 1.79 bits per heavy atom. The first kappa shape index (κ1) is 31.3. The van der Waals surface area contributed by atoms with Gasteiger partial charge in [0.05, 0.1) is 34.5 Å². The Hall–Kier alpha value is -4.35. The summed E-state index contributed by atoms with van der Waals surface area (Å²) in [6, 6.07) is 8.11. The van der Waals surface area contributed by atoms with Crippen molar-refractivity contribution in [3.63, 3.8) is 0 Å². The fourth-order valence-corrected chi connectivity index (χ4v) is 7.48. The number of fused-ring (bicyclic) bond motifs is 1. The van der Waals surface area contributed by atoms with E-state index in [2.05, 4.69) is 70.9 Å². The van der Waals surface area contributed by atoms with Gasteiger partial charge in [-0.1, -0.05) is 7.92 Å². The molecule has 0 unspecified atom stereocenters. The van der Waals surface area contributed by atoms with Crippen LogP contribution in [0.25, 0.3) is 22.2 Å². The maximum Gasteiger partial charge on any atom is 0.229 e. The summed E-state index contributed by atoms with van der Waals surface area (Å²) in [5.74, 6) is 2.21. The molecule has 3 aromatic heterocycles. The smallest absolute Gasteiger partial charge is 0.229 e. The molecular formula is C33H36BrN10O2P. The molecule has 2 N–H and O–H groups in total. The van der Waals surface area contributed by atoms with Gasteiger partial charge in [0.1, 0.15) is 11.6 Å². The highest BCUT2D eigenvalue weighted by molar-refractivity contribution is 9.10. The predicted molar refractivity (Wildman–Crippen MR) is 191 cm³/mol. The number of carbonyl (C=O) groups is 1. The molecule has 2 aliphatic rings. The number of aromatic nitrogens is 6. The molecule has 0 atom stereocenters. The van der Waals surface area contributed by atoms with E-state index >= 15 is 0 Å². The number of aryl methyl sites for hydroxylation is 1. The normalized spacial score (nSPS) is 14.9. The maximum absolute atomic E-state index is 12.7. The second-order valence-corrected chi connectivity index (χ2v) is 15.1. The quantitative estimate of drug-likeness (QED) is 0.189. The minimum absolute atomic E-state index is 0.231. The van der Waals surface area contributed by atoms with E-state index in [0.29, 0.717) is 36.5 Å². The lowest BCUT2D eigenvalue weighted by molar-refractivity contribution is -0.132. The number of ether oxygens (including phenoxy) is 1. The van der Waals surface area contributed by atoms with Crippen LogP contribution >= 0.6 is 23.9 Å². The summed E-state index contributed by atoms with van der Waals surface area (Å²) in [7, 11) is 3.07. The summed E-state index contributed by atoms with van der Waals surface area (Å²) < 4.78 is 8.43. The minimum Gasteiger partial charge on any atom is -0.494 e. The lowest BCUT2D eigenvalue weighted by atomic mass is 10.0. The second kappa shape index (κ2) is 13.0. The van der Waals surface area contributed by atoms with E-state index in [1.807, 2.05) is 42.5 Å². The Bertz CT molecular complexity index is 1960. The Kier molecular flexibility index (Phi) is 8.67. The van der Waals surface area contributed by atoms with Crippen molar-refractivity contribution >= 4 is 74.9 Å². The van der Waals surface area contributed by atoms with Gasteiger partial charge >= 0.3 is 0 Å². The number of hydrogen-bond donors (Lipinski definition) is 2. The molecule has 2 aromatic carbocycles. The summed E-state index contributed by atoms with van der Waals surface area (Å²) in [6.07, 6.45) is 11.1. The van der Waals surface area contributed by atoms with E-state index in [1.54, 1.807) is 30.4 Å². The first-order chi connectivity index (χ1) is 22.8. The lowest BCUT2D eigenvalue weighted by Crippen LogP contribution is -2.49. The molecule has 12 nitrogen and oxygen atoms in total. The van der Waals surface area contributed by atoms with Crippen LogP contribution in [0.3, 0.4) is 0 Å². The highest BCUT2D eigenvalue weighted by Gasteiger charge is 2.35. The number of hydrogen-bond acceptors (Lipinski definition) is 10. The number of halogens is 1. The number of amides is 1. The van der Waals surface area contributed by atoms with Gasteiger partial charge in [0, 0.05) is 97.8 Å². The molecule has 1 amide bonds. The average Bonchev–Trinajstić information content (AvgIpc) is 3.85. The molecule has 1 saturated carbocycles. The van der Waals surface area contributed by atoms with Crippen LogP contribution in [0.15, 0.2) is 59.7 Å². The highest BCUT2D eigenvalue weighted by Crippen LogP contribution is 2.41. The number of benzene rings is 2. The Balaban J connectivity index is 1.20. The van der Waals surface area contributed by atoms with Crippen LogP contribution in [0.2, 0.25) is 0 Å². The van der Waals surface area contributed by atoms with Crippen molar-refractivity contribution in [2.45, 2.75) is 12.8 Å². The monoisotopic (exact) mass is 714 g/mol. The molecule has 4 heterocycles. The number of nitrogens with zero attached hydrogens (tertiary/aromatic N) is 8. The second-order valence-electron chi connectivity index (χ2n) is 12.0. The van der Waals surface area contributed by atoms with Gasteiger partial charge < -0.3 is 25.2 Å². The van der Waals surface area contributed by atoms with Crippen LogP contribution in [0.1, 0.15) is 12.8 Å². The van der Waals surface area contributed by atoms with Crippen molar-refractivity contribution in [3.05, 3.63) is 59.7 Å². The molecule has 0 bridgehead atoms. The molecule has 1 aliphatic heterocycles. The van der Waals surface area contributed by atoms with E-state index in [4.69, 9.17) is 9.72 Å². The fraction of sp³-hybridized carbons (Fsp3) is 0.333. The number of nitrogens with one attached hydrogen (secondary N) is 2. The third-order valence-corrected chi connectivity index (χ3v) is 10.4. The summed E-state index contributed by atoms with van der Waals surface area (Å²) >= 11 is 3.63. The van der Waals surface area contributed by atoms with Crippen molar-refractivity contribution in [2.75, 3.05) is 62.2 Å². The van der Waals surface area contributed by atoms with Crippen LogP contribution < -0.4 is 25.6 Å². The number of carbonyl (C=O) groups excluding carboxylic acids is 1. The van der Waals surface area contributed by atoms with E-state index < -0.39 is 7.92 Å². The summed E-state index contributed by atoms with van der Waals surface area (Å²) in [5.41, 5.74) is 6.41. The summed E-state index contributed by atoms with van der Waals surface area (Å²) in [6.45, 7) is 7.30. The predicted octanol–water partition coefficient (Wildman–Crippen LogP) is 5.50. The first-order valence-electron chi connectivity index (χ1n) is 15.5. The van der Waals surface area contributed by atoms with Crippen LogP contribution in [-0.4, -0.2) is 87.1 Å². The topological polar surface area (TPSA) is 126 Å². The molecule has 242 valence electrons. The molecular weight excluding hydrogens is 679 g/mol. The zero-order valence-corrected chi connectivity index (χ0v) is 29.2. The van der Waals surface area contributed by atoms with Crippen LogP contribution in [0.4, 0.5) is 28.8 Å². The van der Waals surface area contributed by atoms with Crippen molar-refractivity contribution in [1.82, 2.24) is 34.6 Å². The van der Waals surface area contributed by atoms with E-state index in [0.717, 1.165) is 74.9 Å². The number of rotatable bonds is 9. The molecule has 5 aromatic rings. The summed E-state index contributed by atoms with van der Waals surface area (Å²) in [4.78, 5) is 35.6. The lowest BCUT2D eigenvalue weighted by Gasteiger charge is -2.37. The van der Waals surface area contributed by atoms with Crippen LogP contribution in [0, 0.1) is 5.92 Å². The molecule has 1 saturated heterocycles. The molecule has 7 rings (SSSR count). The molecule has 0 spiro atoms. The molecule has 2 fully saturated rings. The van der Waals surface area contributed by atoms with Gasteiger partial charge in [0.15, 0.2) is 0 Å². The van der Waals surface area contributed by atoms with Crippen LogP contribution in [0.5, 0.6) is 5.75 Å². The standard InChI is InChI=1S/C33H36BrN10O2P/c1-42-19-21(17-38-42)22-15-26(28(46-2)16-27(22)43-11-13-44(14-12-43)32(45)20-5-6-20)40-33-37-18-23(34)31(41-33)39-25-8-7-24-29(30(25)47(3)4)36-10-9-35-24/h7-10,15-20H,5-6,11-14H2,1-4H3,(H2,37,39,40,41). The van der Waals surface area contributed by atoms with E-state index in [9.17, 15) is 4.79 Å². The molecule has 14 heteroatoms. The van der Waals surface area contributed by atoms with Crippen molar-refractivity contribution in [3.8, 4) is 16.9 Å². The van der Waals surface area contributed by atoms with Gasteiger partial charge in [0.2, 0.25) is 11.9 Å². The van der Waals surface area contributed by atoms with Gasteiger partial charge in [0.25, 0.3) is 0 Å². The Morgan fingerprint density at radius 3 is 2.49 bits per heavy atom. The largest absolute Gasteiger partial charge is 0.494 e. The third-order valence-electron chi connectivity index (χ3n) is 8.50. The molecule has 0 radical (unpaired) electrons. The van der Waals surface area contributed by atoms with E-state index in [-0.39, 0.29) is 5.92 Å². The Morgan fingerprint density at radius 1 is 1.00 bits per heavy atom. The van der Waals surface area contributed by atoms with E-state index in [1.165, 1.54) is 0 Å². The number of anilines is 5. The molecule has 47 heavy (non-hydrogen) atoms. The maximum atomic E-state index is 12.7. The zero-order chi connectivity index (χ0) is 32.7. The first-order valence-corrected chi connectivity index (χ1v) is 18.5. The van der Waals surface area contributed by atoms with Crippen LogP contribution in [-0.2, 0) is 11.8 Å². The average molecular weight is 716 g/mol. The van der Waals surface area contributed by atoms with Gasteiger partial charge in [-0.05, 0) is 60.3 Å². The SMILES string of the molecule is COc1cc(N2CCN(C(=O)C3CC3)CC2)c(-c2cnn(C)c2)cc1Nc1ncc(Br)c(Nc2ccc3nccnc3c2P(C)C)n1. The Labute approximate surface area is 282 Å². The van der Waals surface area contributed by atoms with Gasteiger partial charge in [-0.2, -0.15) is 10.1 Å². The highest BCUT2D eigenvalue weighted by atomic mass is 79.9. The van der Waals surface area contributed by atoms with Crippen molar-refractivity contribution in [1.29, 1.82) is 0 Å². The van der Waals surface area contributed by atoms with Gasteiger partial charge in [-0.25, -0.2) is 4.98 Å². The van der Waals surface area contributed by atoms with Crippen molar-refractivity contribution < 1.29 is 9.53 Å². The summed E-state index contributed by atoms with van der Waals surface area (Å²) in [5, 5.41) is 12.5. The fourth-order valence-electron chi connectivity index (χ4n) is 5.98. The zero-order valence-electron chi connectivity index (χ0n) is 26.7. The van der Waals surface area contributed by atoms with Crippen molar-refractivity contribution in [2.24, 2.45) is 13.0 Å². The van der Waals surface area contributed by atoms with Gasteiger partial charge in [-0.3, -0.25) is 19.4 Å².